The summed E-state index contributed by atoms with van der Waals surface area (Å²) in [6.07, 6.45) is 4.83. The molecule has 3 rings (SSSR count). The summed E-state index contributed by atoms with van der Waals surface area (Å²) in [5.41, 5.74) is 0.476. The molecule has 20 heavy (non-hydrogen) atoms. The van der Waals surface area contributed by atoms with E-state index < -0.39 is 5.82 Å². The second-order valence-electron chi connectivity index (χ2n) is 5.86. The number of halogens is 2. The molecule has 1 N–H and O–H groups in total. The number of benzene rings is 1. The Morgan fingerprint density at radius 2 is 2.35 bits per heavy atom. The first kappa shape index (κ1) is 14.2. The van der Waals surface area contributed by atoms with Gasteiger partial charge in [-0.2, -0.15) is 0 Å². The molecule has 1 aliphatic heterocycles. The number of thioether (sulfide) groups is 1. The van der Waals surface area contributed by atoms with Gasteiger partial charge in [0.15, 0.2) is 11.0 Å². The van der Waals surface area contributed by atoms with Crippen LogP contribution in [0.1, 0.15) is 32.6 Å². The van der Waals surface area contributed by atoms with Gasteiger partial charge in [-0.1, -0.05) is 49.2 Å². The number of hydrogen-bond acceptors (Lipinski definition) is 3. The van der Waals surface area contributed by atoms with Crippen LogP contribution < -0.4 is 5.32 Å². The fourth-order valence-corrected chi connectivity index (χ4v) is 4.47. The molecule has 108 valence electrons. The highest BCUT2D eigenvalue weighted by molar-refractivity contribution is 8.14. The summed E-state index contributed by atoms with van der Waals surface area (Å²) in [7, 11) is 0. The summed E-state index contributed by atoms with van der Waals surface area (Å²) < 4.78 is 13.9. The number of rotatable bonds is 1. The smallest absolute Gasteiger partial charge is 0.165 e. The van der Waals surface area contributed by atoms with E-state index in [1.165, 1.54) is 12.8 Å². The number of hydrogen-bond donors (Lipinski definition) is 1. The Hall–Kier alpha value is -0.740. The van der Waals surface area contributed by atoms with Crippen LogP contribution in [-0.4, -0.2) is 16.5 Å². The normalized spacial score (nSPS) is 29.6. The monoisotopic (exact) mass is 312 g/mol. The highest BCUT2D eigenvalue weighted by Gasteiger charge is 2.39. The van der Waals surface area contributed by atoms with Gasteiger partial charge in [0.05, 0.1) is 16.2 Å². The number of anilines is 1. The molecule has 2 unspecified atom stereocenters. The maximum atomic E-state index is 13.9. The minimum absolute atomic E-state index is 0.0692. The van der Waals surface area contributed by atoms with Gasteiger partial charge in [0, 0.05) is 5.75 Å². The number of nitrogens with zero attached hydrogens (tertiary/aromatic N) is 1. The first-order valence-corrected chi connectivity index (χ1v) is 8.38. The number of amidine groups is 1. The van der Waals surface area contributed by atoms with Crippen molar-refractivity contribution < 1.29 is 4.39 Å². The molecular weight excluding hydrogens is 295 g/mol. The van der Waals surface area contributed by atoms with Crippen molar-refractivity contribution in [1.29, 1.82) is 0 Å². The largest absolute Gasteiger partial charge is 0.333 e. The Morgan fingerprint density at radius 1 is 1.50 bits per heavy atom. The van der Waals surface area contributed by atoms with E-state index in [9.17, 15) is 4.39 Å². The molecule has 5 heteroatoms. The molecule has 1 heterocycles. The average Bonchev–Trinajstić information content (AvgIpc) is 2.77. The first-order valence-electron chi connectivity index (χ1n) is 7.02. The third kappa shape index (κ3) is 2.82. The van der Waals surface area contributed by atoms with Crippen LogP contribution in [-0.2, 0) is 0 Å². The fourth-order valence-electron chi connectivity index (χ4n) is 3.13. The van der Waals surface area contributed by atoms with Crippen LogP contribution in [0.15, 0.2) is 23.2 Å². The first-order chi connectivity index (χ1) is 9.58. The maximum absolute atomic E-state index is 13.9. The lowest BCUT2D eigenvalue weighted by Gasteiger charge is -2.33. The minimum atomic E-state index is -0.407. The molecule has 0 saturated heterocycles. The lowest BCUT2D eigenvalue weighted by atomic mass is 9.78. The molecule has 0 radical (unpaired) electrons. The van der Waals surface area contributed by atoms with Gasteiger partial charge >= 0.3 is 0 Å². The van der Waals surface area contributed by atoms with Gasteiger partial charge in [0.25, 0.3) is 0 Å². The molecule has 1 fully saturated rings. The van der Waals surface area contributed by atoms with Crippen molar-refractivity contribution in [2.45, 2.75) is 38.1 Å². The van der Waals surface area contributed by atoms with Crippen LogP contribution in [0.3, 0.4) is 0 Å². The number of aliphatic imine (C=N–C) groups is 1. The Kier molecular flexibility index (Phi) is 3.95. The van der Waals surface area contributed by atoms with Crippen molar-refractivity contribution >= 4 is 34.2 Å². The summed E-state index contributed by atoms with van der Waals surface area (Å²) in [6, 6.07) is 4.99. The van der Waals surface area contributed by atoms with Crippen LogP contribution in [0.5, 0.6) is 0 Å². The van der Waals surface area contributed by atoms with Crippen LogP contribution in [0.25, 0.3) is 0 Å². The highest BCUT2D eigenvalue weighted by Crippen LogP contribution is 2.42. The molecule has 2 atom stereocenters. The molecule has 1 spiro atoms. The van der Waals surface area contributed by atoms with Crippen LogP contribution in [0.4, 0.5) is 10.1 Å². The third-order valence-electron chi connectivity index (χ3n) is 4.08. The van der Waals surface area contributed by atoms with Gasteiger partial charge < -0.3 is 5.32 Å². The standard InChI is InChI=1S/C15H18ClFN2S/c1-10-4-3-7-15(8-10)9-20-14(19-15)18-12-6-2-5-11(16)13(12)17/h2,5-6,10H,3-4,7-9H2,1H3,(H,18,19). The molecule has 2 nitrogen and oxygen atoms in total. The molecule has 1 aromatic carbocycles. The minimum Gasteiger partial charge on any atom is -0.333 e. The highest BCUT2D eigenvalue weighted by atomic mass is 35.5. The van der Waals surface area contributed by atoms with Gasteiger partial charge in [-0.15, -0.1) is 0 Å². The summed E-state index contributed by atoms with van der Waals surface area (Å²) >= 11 is 7.49. The quantitative estimate of drug-likeness (QED) is 0.794. The van der Waals surface area contributed by atoms with Crippen LogP contribution in [0, 0.1) is 11.7 Å². The molecule has 2 aliphatic rings. The van der Waals surface area contributed by atoms with Crippen molar-refractivity contribution in [3.8, 4) is 0 Å². The zero-order valence-electron chi connectivity index (χ0n) is 11.5. The summed E-state index contributed by atoms with van der Waals surface area (Å²) in [4.78, 5) is 4.85. The zero-order chi connectivity index (χ0) is 14.2. The predicted octanol–water partition coefficient (Wildman–Crippen LogP) is 4.94. The fraction of sp³-hybridized carbons (Fsp3) is 0.533. The van der Waals surface area contributed by atoms with E-state index in [0.29, 0.717) is 5.69 Å². The lowest BCUT2D eigenvalue weighted by molar-refractivity contribution is 0.266. The predicted molar refractivity (Wildman–Crippen MR) is 85.3 cm³/mol. The Bertz CT molecular complexity index is 549. The van der Waals surface area contributed by atoms with Crippen molar-refractivity contribution in [3.05, 3.63) is 29.0 Å². The van der Waals surface area contributed by atoms with Gasteiger partial charge in [0.1, 0.15) is 0 Å². The molecule has 1 aromatic rings. The Labute approximate surface area is 128 Å². The van der Waals surface area contributed by atoms with Gasteiger partial charge in [-0.05, 0) is 30.9 Å². The van der Waals surface area contributed by atoms with Gasteiger partial charge in [0.2, 0.25) is 0 Å². The van der Waals surface area contributed by atoms with E-state index >= 15 is 0 Å². The molecule has 0 bridgehead atoms. The molecule has 1 saturated carbocycles. The van der Waals surface area contributed by atoms with Crippen LogP contribution in [0.2, 0.25) is 5.02 Å². The van der Waals surface area contributed by atoms with Gasteiger partial charge in [-0.3, -0.25) is 4.99 Å². The third-order valence-corrected chi connectivity index (χ3v) is 5.52. The Balaban J connectivity index is 1.77. The molecule has 1 aliphatic carbocycles. The van der Waals surface area contributed by atoms with E-state index in [2.05, 4.69) is 12.2 Å². The van der Waals surface area contributed by atoms with Crippen molar-refractivity contribution in [3.63, 3.8) is 0 Å². The van der Waals surface area contributed by atoms with Gasteiger partial charge in [-0.25, -0.2) is 4.39 Å². The Morgan fingerprint density at radius 3 is 3.15 bits per heavy atom. The second-order valence-corrected chi connectivity index (χ2v) is 7.23. The average molecular weight is 313 g/mol. The van der Waals surface area contributed by atoms with Crippen molar-refractivity contribution in [2.75, 3.05) is 11.1 Å². The van der Waals surface area contributed by atoms with E-state index in [0.717, 1.165) is 29.7 Å². The van der Waals surface area contributed by atoms with Crippen molar-refractivity contribution in [2.24, 2.45) is 10.9 Å². The van der Waals surface area contributed by atoms with Crippen LogP contribution >= 0.6 is 23.4 Å². The second kappa shape index (κ2) is 5.57. The van der Waals surface area contributed by atoms with Crippen molar-refractivity contribution in [1.82, 2.24) is 0 Å². The van der Waals surface area contributed by atoms with E-state index in [1.54, 1.807) is 30.0 Å². The topological polar surface area (TPSA) is 24.4 Å². The molecule has 0 aromatic heterocycles. The zero-order valence-corrected chi connectivity index (χ0v) is 13.0. The van der Waals surface area contributed by atoms with E-state index in [4.69, 9.17) is 16.6 Å². The molecular formula is C15H18ClFN2S. The van der Waals surface area contributed by atoms with E-state index in [-0.39, 0.29) is 10.6 Å². The summed E-state index contributed by atoms with van der Waals surface area (Å²) in [6.45, 7) is 2.29. The maximum Gasteiger partial charge on any atom is 0.165 e. The molecule has 0 amide bonds. The number of nitrogens with one attached hydrogen (secondary N) is 1. The summed E-state index contributed by atoms with van der Waals surface area (Å²) in [5.74, 6) is 1.33. The summed E-state index contributed by atoms with van der Waals surface area (Å²) in [5, 5.41) is 4.05. The SMILES string of the molecule is CC1CCCC2(CSC(Nc3cccc(Cl)c3F)=N2)C1. The lowest BCUT2D eigenvalue weighted by Crippen LogP contribution is -2.33. The van der Waals surface area contributed by atoms with E-state index in [1.807, 2.05) is 0 Å².